The van der Waals surface area contributed by atoms with Crippen molar-refractivity contribution in [2.24, 2.45) is 27.9 Å². The lowest BCUT2D eigenvalue weighted by atomic mass is 10.1. The third kappa shape index (κ3) is 12.5. The molecule has 15 nitrogen and oxygen atoms in total. The van der Waals surface area contributed by atoms with Gasteiger partial charge >= 0.3 is 5.97 Å². The summed E-state index contributed by atoms with van der Waals surface area (Å²) in [6.45, 7) is -0.620. The molecular weight excluding hydrogens is 460 g/mol. The molecule has 0 spiro atoms. The van der Waals surface area contributed by atoms with Crippen molar-refractivity contribution in [1.82, 2.24) is 16.0 Å². The summed E-state index contributed by atoms with van der Waals surface area (Å²) >= 11 is 3.96. The summed E-state index contributed by atoms with van der Waals surface area (Å²) < 4.78 is 0. The Hall–Kier alpha value is -3.11. The number of aliphatic hydroxyl groups is 1. The van der Waals surface area contributed by atoms with Crippen molar-refractivity contribution in [2.75, 3.05) is 18.9 Å². The first kappa shape index (κ1) is 29.9. The highest BCUT2D eigenvalue weighted by atomic mass is 32.1. The lowest BCUT2D eigenvalue weighted by molar-refractivity contribution is -0.143. The summed E-state index contributed by atoms with van der Waals surface area (Å²) in [6.07, 6.45) is 0.165. The minimum Gasteiger partial charge on any atom is -0.480 e. The average molecular weight is 493 g/mol. The molecular formula is C17H32N8O7S. The van der Waals surface area contributed by atoms with Crippen molar-refractivity contribution < 1.29 is 34.2 Å². The first-order valence-corrected chi connectivity index (χ1v) is 10.5. The number of hydrogen-bond acceptors (Lipinski definition) is 9. The molecule has 0 bridgehead atoms. The number of primary amides is 1. The van der Waals surface area contributed by atoms with Crippen LogP contribution in [0.4, 0.5) is 0 Å². The second-order valence-corrected chi connectivity index (χ2v) is 7.31. The van der Waals surface area contributed by atoms with Crippen LogP contribution in [0, 0.1) is 0 Å². The van der Waals surface area contributed by atoms with E-state index in [1.807, 2.05) is 5.32 Å². The quantitative estimate of drug-likeness (QED) is 0.0424. The normalized spacial score (nSPS) is 14.2. The van der Waals surface area contributed by atoms with Crippen molar-refractivity contribution in [2.45, 2.75) is 49.9 Å². The minimum absolute atomic E-state index is 0.104. The number of aliphatic carboxylic acids is 1. The van der Waals surface area contributed by atoms with Gasteiger partial charge in [-0.1, -0.05) is 0 Å². The van der Waals surface area contributed by atoms with E-state index in [4.69, 9.17) is 33.1 Å². The Labute approximate surface area is 195 Å². The number of amides is 4. The van der Waals surface area contributed by atoms with Crippen LogP contribution in [0.15, 0.2) is 4.99 Å². The number of carboxylic acid groups (broad SMARTS) is 1. The zero-order valence-corrected chi connectivity index (χ0v) is 18.8. The average Bonchev–Trinajstić information content (AvgIpc) is 2.74. The lowest BCUT2D eigenvalue weighted by Crippen LogP contribution is -2.58. The number of carbonyl (C=O) groups is 5. The van der Waals surface area contributed by atoms with Crippen molar-refractivity contribution in [3.63, 3.8) is 0 Å². The Balaban J connectivity index is 5.15. The molecule has 16 heteroatoms. The fourth-order valence-electron chi connectivity index (χ4n) is 2.41. The van der Waals surface area contributed by atoms with Crippen LogP contribution < -0.4 is 38.9 Å². The highest BCUT2D eigenvalue weighted by Crippen LogP contribution is 2.03. The Kier molecular flexibility index (Phi) is 14.2. The van der Waals surface area contributed by atoms with Crippen LogP contribution in [0.2, 0.25) is 0 Å². The molecule has 0 radical (unpaired) electrons. The number of aliphatic imine (C=N–C) groups is 1. The maximum absolute atomic E-state index is 12.7. The van der Waals surface area contributed by atoms with Crippen LogP contribution in [-0.4, -0.2) is 88.8 Å². The molecule has 0 fully saturated rings. The first-order chi connectivity index (χ1) is 15.4. The molecule has 0 rings (SSSR count). The number of aliphatic hydroxyl groups excluding tert-OH is 1. The van der Waals surface area contributed by atoms with Crippen molar-refractivity contribution in [3.8, 4) is 0 Å². The largest absolute Gasteiger partial charge is 0.480 e. The molecule has 0 aliphatic rings. The third-order valence-electron chi connectivity index (χ3n) is 4.23. The summed E-state index contributed by atoms with van der Waals surface area (Å²) in [5, 5.41) is 24.7. The van der Waals surface area contributed by atoms with E-state index >= 15 is 0 Å². The summed E-state index contributed by atoms with van der Waals surface area (Å²) in [6, 6.07) is -5.15. The number of nitrogens with zero attached hydrogens (tertiary/aromatic N) is 1. The lowest BCUT2D eigenvalue weighted by Gasteiger charge is -2.24. The molecule has 0 aromatic carbocycles. The van der Waals surface area contributed by atoms with Gasteiger partial charge in [0.05, 0.1) is 12.6 Å². The smallest absolute Gasteiger partial charge is 0.328 e. The second kappa shape index (κ2) is 15.7. The van der Waals surface area contributed by atoms with Crippen LogP contribution in [0.1, 0.15) is 25.7 Å². The molecule has 4 amide bonds. The van der Waals surface area contributed by atoms with Crippen LogP contribution in [0.25, 0.3) is 0 Å². The SMILES string of the molecule is NC(=O)CCC(NC(=O)C(N)CCCN=C(N)N)C(=O)NC(CS)C(=O)NC(CO)C(=O)O. The summed E-state index contributed by atoms with van der Waals surface area (Å²) in [5.74, 6) is -4.99. The first-order valence-electron chi connectivity index (χ1n) is 9.87. The number of nitrogens with two attached hydrogens (primary N) is 4. The molecule has 0 saturated heterocycles. The Morgan fingerprint density at radius 2 is 1.42 bits per heavy atom. The number of thiol groups is 1. The molecule has 188 valence electrons. The van der Waals surface area contributed by atoms with Gasteiger partial charge in [0.2, 0.25) is 23.6 Å². The van der Waals surface area contributed by atoms with Crippen molar-refractivity contribution >= 4 is 48.2 Å². The molecule has 0 aliphatic carbocycles. The van der Waals surface area contributed by atoms with Gasteiger partial charge in [-0.3, -0.25) is 24.2 Å². The monoisotopic (exact) mass is 492 g/mol. The molecule has 0 heterocycles. The number of carbonyl (C=O) groups excluding carboxylic acids is 4. The zero-order valence-electron chi connectivity index (χ0n) is 17.9. The third-order valence-corrected chi connectivity index (χ3v) is 4.59. The number of nitrogens with one attached hydrogen (secondary N) is 3. The van der Waals surface area contributed by atoms with E-state index in [9.17, 15) is 24.0 Å². The molecule has 0 aromatic heterocycles. The minimum atomic E-state index is -1.58. The fourth-order valence-corrected chi connectivity index (χ4v) is 2.67. The number of guanidine groups is 1. The van der Waals surface area contributed by atoms with Gasteiger partial charge in [-0.15, -0.1) is 0 Å². The number of carboxylic acids is 1. The number of rotatable bonds is 16. The van der Waals surface area contributed by atoms with E-state index in [1.54, 1.807) is 0 Å². The maximum atomic E-state index is 12.7. The molecule has 0 aromatic rings. The topological polar surface area (TPSA) is 278 Å². The molecule has 0 aliphatic heterocycles. The van der Waals surface area contributed by atoms with Crippen LogP contribution in [0.3, 0.4) is 0 Å². The Morgan fingerprint density at radius 3 is 1.91 bits per heavy atom. The van der Waals surface area contributed by atoms with Gasteiger partial charge in [-0.05, 0) is 19.3 Å². The van der Waals surface area contributed by atoms with Gasteiger partial charge in [0.15, 0.2) is 5.96 Å². The molecule has 33 heavy (non-hydrogen) atoms. The van der Waals surface area contributed by atoms with Gasteiger partial charge in [-0.2, -0.15) is 12.6 Å². The summed E-state index contributed by atoms with van der Waals surface area (Å²) in [7, 11) is 0. The predicted molar refractivity (Wildman–Crippen MR) is 121 cm³/mol. The molecule has 13 N–H and O–H groups in total. The molecule has 0 saturated carbocycles. The van der Waals surface area contributed by atoms with Gasteiger partial charge in [0.1, 0.15) is 18.1 Å². The van der Waals surface area contributed by atoms with Crippen LogP contribution >= 0.6 is 12.6 Å². The van der Waals surface area contributed by atoms with Gasteiger partial charge < -0.3 is 49.1 Å². The van der Waals surface area contributed by atoms with E-state index < -0.39 is 60.4 Å². The Bertz CT molecular complexity index is 732. The van der Waals surface area contributed by atoms with E-state index in [0.717, 1.165) is 0 Å². The second-order valence-electron chi connectivity index (χ2n) is 6.95. The fraction of sp³-hybridized carbons (Fsp3) is 0.647. The predicted octanol–water partition coefficient (Wildman–Crippen LogP) is -4.91. The highest BCUT2D eigenvalue weighted by Gasteiger charge is 2.29. The van der Waals surface area contributed by atoms with E-state index in [1.165, 1.54) is 0 Å². The summed E-state index contributed by atoms with van der Waals surface area (Å²) in [4.78, 5) is 63.2. The van der Waals surface area contributed by atoms with Crippen LogP contribution in [0.5, 0.6) is 0 Å². The van der Waals surface area contributed by atoms with Gasteiger partial charge in [0, 0.05) is 18.7 Å². The van der Waals surface area contributed by atoms with E-state index in [-0.39, 0.29) is 37.5 Å². The van der Waals surface area contributed by atoms with Gasteiger partial charge in [0.25, 0.3) is 0 Å². The standard InChI is InChI=1S/C17H32N8O7S/c18-8(2-1-5-22-17(20)21)13(28)23-9(3-4-12(19)27)14(29)25-11(7-33)15(30)24-10(6-26)16(31)32/h8-11,26,33H,1-7,18H2,(H2,19,27)(H,23,28)(H,24,30)(H,25,29)(H,31,32)(H4,20,21,22). The Morgan fingerprint density at radius 1 is 0.879 bits per heavy atom. The van der Waals surface area contributed by atoms with E-state index in [0.29, 0.717) is 6.42 Å². The van der Waals surface area contributed by atoms with Crippen molar-refractivity contribution in [1.29, 1.82) is 0 Å². The van der Waals surface area contributed by atoms with Crippen molar-refractivity contribution in [3.05, 3.63) is 0 Å². The van der Waals surface area contributed by atoms with E-state index in [2.05, 4.69) is 28.3 Å². The van der Waals surface area contributed by atoms with Crippen LogP contribution in [-0.2, 0) is 24.0 Å². The molecule has 4 atom stereocenters. The maximum Gasteiger partial charge on any atom is 0.328 e. The number of hydrogen-bond donors (Lipinski definition) is 10. The van der Waals surface area contributed by atoms with Gasteiger partial charge in [-0.25, -0.2) is 4.79 Å². The molecule has 4 unspecified atom stereocenters. The zero-order chi connectivity index (χ0) is 25.6. The highest BCUT2D eigenvalue weighted by molar-refractivity contribution is 7.80. The summed E-state index contributed by atoms with van der Waals surface area (Å²) in [5.41, 5.74) is 21.3.